The van der Waals surface area contributed by atoms with Crippen LogP contribution in [0.4, 0.5) is 0 Å². The maximum absolute atomic E-state index is 8.41. The molecule has 0 aromatic carbocycles. The predicted molar refractivity (Wildman–Crippen MR) is 49.9 cm³/mol. The van der Waals surface area contributed by atoms with E-state index in [1.165, 1.54) is 0 Å². The summed E-state index contributed by atoms with van der Waals surface area (Å²) < 4.78 is 0. The van der Waals surface area contributed by atoms with E-state index in [2.05, 4.69) is 9.98 Å². The predicted octanol–water partition coefficient (Wildman–Crippen LogP) is 0.595. The molecule has 0 saturated heterocycles. The number of nitriles is 1. The maximum Gasteiger partial charge on any atom is 0.207 e. The van der Waals surface area contributed by atoms with Crippen molar-refractivity contribution in [1.82, 2.24) is 0 Å². The first-order valence-electron chi connectivity index (χ1n) is 3.98. The molecule has 0 aromatic rings. The van der Waals surface area contributed by atoms with Crippen LogP contribution in [0.25, 0.3) is 0 Å². The first-order chi connectivity index (χ1) is 6.33. The molecule has 2 rings (SSSR count). The molecule has 0 fully saturated rings. The second-order valence-corrected chi connectivity index (χ2v) is 2.93. The van der Waals surface area contributed by atoms with Crippen LogP contribution >= 0.6 is 0 Å². The first kappa shape index (κ1) is 7.74. The van der Waals surface area contributed by atoms with E-state index in [1.54, 1.807) is 6.19 Å². The lowest BCUT2D eigenvalue weighted by atomic mass is 9.89. The lowest BCUT2D eigenvalue weighted by Gasteiger charge is -2.13. The molecular weight excluding hydrogens is 164 g/mol. The fourth-order valence-corrected chi connectivity index (χ4v) is 1.57. The second-order valence-electron chi connectivity index (χ2n) is 2.93. The standard InChI is InChI=1S/C9H8N4/c10-5-12-9-7-4-2-1-3-6(7)8(11)13-9/h1-4,6-7H,(H2,11,12,13). The van der Waals surface area contributed by atoms with Gasteiger partial charge in [-0.25, -0.2) is 4.99 Å². The summed E-state index contributed by atoms with van der Waals surface area (Å²) in [7, 11) is 0. The Morgan fingerprint density at radius 3 is 2.77 bits per heavy atom. The fourth-order valence-electron chi connectivity index (χ4n) is 1.57. The van der Waals surface area contributed by atoms with Gasteiger partial charge < -0.3 is 5.73 Å². The van der Waals surface area contributed by atoms with Gasteiger partial charge in [-0.05, 0) is 0 Å². The first-order valence-corrected chi connectivity index (χ1v) is 3.98. The summed E-state index contributed by atoms with van der Waals surface area (Å²) in [4.78, 5) is 7.67. The van der Waals surface area contributed by atoms with Gasteiger partial charge in [-0.2, -0.15) is 10.3 Å². The highest BCUT2D eigenvalue weighted by atomic mass is 15.0. The van der Waals surface area contributed by atoms with Gasteiger partial charge in [0, 0.05) is 5.92 Å². The summed E-state index contributed by atoms with van der Waals surface area (Å²) in [5, 5.41) is 8.41. The molecule has 13 heavy (non-hydrogen) atoms. The highest BCUT2D eigenvalue weighted by Gasteiger charge is 2.32. The lowest BCUT2D eigenvalue weighted by Crippen LogP contribution is -2.24. The molecule has 0 spiro atoms. The fraction of sp³-hybridized carbons (Fsp3) is 0.222. The van der Waals surface area contributed by atoms with Crippen molar-refractivity contribution in [2.75, 3.05) is 0 Å². The van der Waals surface area contributed by atoms with Crippen molar-refractivity contribution in [2.24, 2.45) is 27.6 Å². The number of hydrogen-bond acceptors (Lipinski definition) is 3. The van der Waals surface area contributed by atoms with Gasteiger partial charge in [-0.3, -0.25) is 0 Å². The smallest absolute Gasteiger partial charge is 0.207 e. The molecule has 2 unspecified atom stereocenters. The molecule has 0 bridgehead atoms. The number of allylic oxidation sites excluding steroid dienone is 2. The van der Waals surface area contributed by atoms with Crippen LogP contribution in [0.15, 0.2) is 34.3 Å². The Kier molecular flexibility index (Phi) is 1.71. The molecule has 4 nitrogen and oxygen atoms in total. The summed E-state index contributed by atoms with van der Waals surface area (Å²) >= 11 is 0. The SMILES string of the molecule is N#CN=C1N=C(N)C2C=CC=CC12. The van der Waals surface area contributed by atoms with Gasteiger partial charge in [0.15, 0.2) is 5.84 Å². The maximum atomic E-state index is 8.41. The molecule has 2 aliphatic rings. The highest BCUT2D eigenvalue weighted by molar-refractivity contribution is 6.08. The molecule has 1 heterocycles. The van der Waals surface area contributed by atoms with Gasteiger partial charge in [0.2, 0.25) is 6.19 Å². The molecule has 1 aliphatic carbocycles. The number of rotatable bonds is 0. The number of fused-ring (bicyclic) bond motifs is 1. The van der Waals surface area contributed by atoms with Crippen LogP contribution in [0.3, 0.4) is 0 Å². The van der Waals surface area contributed by atoms with Gasteiger partial charge in [0.1, 0.15) is 5.84 Å². The summed E-state index contributed by atoms with van der Waals surface area (Å²) in [6.45, 7) is 0. The Labute approximate surface area is 75.8 Å². The average Bonchev–Trinajstić information content (AvgIpc) is 2.46. The molecule has 4 heteroatoms. The van der Waals surface area contributed by atoms with Crippen LogP contribution in [0.5, 0.6) is 0 Å². The Morgan fingerprint density at radius 2 is 2.08 bits per heavy atom. The summed E-state index contributed by atoms with van der Waals surface area (Å²) in [6.07, 6.45) is 9.52. The van der Waals surface area contributed by atoms with Gasteiger partial charge in [0.25, 0.3) is 0 Å². The van der Waals surface area contributed by atoms with Crippen LogP contribution in [-0.4, -0.2) is 11.7 Å². The van der Waals surface area contributed by atoms with Crippen molar-refractivity contribution in [1.29, 1.82) is 5.26 Å². The number of aliphatic imine (C=N–C) groups is 2. The summed E-state index contributed by atoms with van der Waals surface area (Å²) in [6, 6.07) is 0. The third-order valence-corrected chi connectivity index (χ3v) is 2.18. The molecule has 0 aromatic heterocycles. The van der Waals surface area contributed by atoms with Gasteiger partial charge in [-0.15, -0.1) is 0 Å². The third kappa shape index (κ3) is 1.14. The molecule has 0 radical (unpaired) electrons. The van der Waals surface area contributed by atoms with E-state index in [0.29, 0.717) is 11.7 Å². The van der Waals surface area contributed by atoms with Crippen LogP contribution in [-0.2, 0) is 0 Å². The number of hydrogen-bond donors (Lipinski definition) is 1. The largest absolute Gasteiger partial charge is 0.387 e. The number of nitrogens with zero attached hydrogens (tertiary/aromatic N) is 3. The van der Waals surface area contributed by atoms with E-state index >= 15 is 0 Å². The Bertz CT molecular complexity index is 381. The second kappa shape index (κ2) is 2.87. The normalized spacial score (nSPS) is 32.8. The topological polar surface area (TPSA) is 74.5 Å². The molecule has 0 amide bonds. The Hall–Kier alpha value is -1.89. The van der Waals surface area contributed by atoms with Crippen molar-refractivity contribution < 1.29 is 0 Å². The van der Waals surface area contributed by atoms with E-state index in [0.717, 1.165) is 0 Å². The number of nitrogens with two attached hydrogens (primary N) is 1. The zero-order valence-electron chi connectivity index (χ0n) is 6.88. The summed E-state index contributed by atoms with van der Waals surface area (Å²) in [5.41, 5.74) is 5.68. The lowest BCUT2D eigenvalue weighted by molar-refractivity contribution is 0.759. The molecule has 2 N–H and O–H groups in total. The van der Waals surface area contributed by atoms with Crippen LogP contribution in [0, 0.1) is 23.3 Å². The van der Waals surface area contributed by atoms with E-state index in [-0.39, 0.29) is 11.8 Å². The van der Waals surface area contributed by atoms with E-state index in [1.807, 2.05) is 24.3 Å². The van der Waals surface area contributed by atoms with Crippen LogP contribution in [0.2, 0.25) is 0 Å². The van der Waals surface area contributed by atoms with Crippen LogP contribution in [0.1, 0.15) is 0 Å². The average molecular weight is 172 g/mol. The van der Waals surface area contributed by atoms with Gasteiger partial charge >= 0.3 is 0 Å². The van der Waals surface area contributed by atoms with E-state index in [4.69, 9.17) is 11.0 Å². The minimum Gasteiger partial charge on any atom is -0.387 e. The van der Waals surface area contributed by atoms with Gasteiger partial charge in [-0.1, -0.05) is 24.3 Å². The van der Waals surface area contributed by atoms with Crippen molar-refractivity contribution in [3.05, 3.63) is 24.3 Å². The number of amidine groups is 2. The molecule has 2 atom stereocenters. The molecule has 64 valence electrons. The minimum absolute atomic E-state index is 0.0599. The Balaban J connectivity index is 2.38. The van der Waals surface area contributed by atoms with Crippen molar-refractivity contribution in [3.63, 3.8) is 0 Å². The quantitative estimate of drug-likeness (QED) is 0.543. The molecular formula is C9H8N4. The van der Waals surface area contributed by atoms with Crippen molar-refractivity contribution >= 4 is 11.7 Å². The summed E-state index contributed by atoms with van der Waals surface area (Å²) in [5.74, 6) is 1.21. The monoisotopic (exact) mass is 172 g/mol. The van der Waals surface area contributed by atoms with Crippen molar-refractivity contribution in [2.45, 2.75) is 0 Å². The highest BCUT2D eigenvalue weighted by Crippen LogP contribution is 2.27. The van der Waals surface area contributed by atoms with E-state index in [9.17, 15) is 0 Å². The third-order valence-electron chi connectivity index (χ3n) is 2.18. The zero-order chi connectivity index (χ0) is 9.26. The minimum atomic E-state index is 0.0599. The zero-order valence-corrected chi connectivity index (χ0v) is 6.88. The Morgan fingerprint density at radius 1 is 1.38 bits per heavy atom. The van der Waals surface area contributed by atoms with E-state index < -0.39 is 0 Å². The van der Waals surface area contributed by atoms with Gasteiger partial charge in [0.05, 0.1) is 5.92 Å². The van der Waals surface area contributed by atoms with Crippen molar-refractivity contribution in [3.8, 4) is 6.19 Å². The molecule has 1 aliphatic heterocycles. The molecule has 0 saturated carbocycles. The van der Waals surface area contributed by atoms with Crippen LogP contribution < -0.4 is 5.73 Å².